The van der Waals surface area contributed by atoms with Crippen molar-refractivity contribution in [1.29, 1.82) is 0 Å². The van der Waals surface area contributed by atoms with Gasteiger partial charge in [0, 0.05) is 11.8 Å². The van der Waals surface area contributed by atoms with Crippen LogP contribution in [0.3, 0.4) is 0 Å². The summed E-state index contributed by atoms with van der Waals surface area (Å²) in [5.41, 5.74) is 2.78. The number of rotatable bonds is 7. The van der Waals surface area contributed by atoms with Gasteiger partial charge >= 0.3 is 0 Å². The van der Waals surface area contributed by atoms with E-state index >= 15 is 0 Å². The summed E-state index contributed by atoms with van der Waals surface area (Å²) >= 11 is 0. The van der Waals surface area contributed by atoms with Crippen LogP contribution in [-0.2, 0) is 8.85 Å². The van der Waals surface area contributed by atoms with Crippen molar-refractivity contribution < 1.29 is 8.85 Å². The van der Waals surface area contributed by atoms with Crippen molar-refractivity contribution in [3.63, 3.8) is 0 Å². The summed E-state index contributed by atoms with van der Waals surface area (Å²) in [6, 6.07) is 0. The van der Waals surface area contributed by atoms with Crippen LogP contribution in [0.25, 0.3) is 0 Å². The van der Waals surface area contributed by atoms with E-state index in [-0.39, 0.29) is 23.0 Å². The van der Waals surface area contributed by atoms with E-state index in [4.69, 9.17) is 15.3 Å². The van der Waals surface area contributed by atoms with Gasteiger partial charge in [-0.05, 0) is 73.9 Å². The molecular formula is C26H46O2Si2. The smallest absolute Gasteiger partial charge is 0.192 e. The number of hydrogen-bond acceptors (Lipinski definition) is 2. The van der Waals surface area contributed by atoms with Crippen molar-refractivity contribution in [2.45, 2.75) is 104 Å². The molecule has 0 amide bonds. The Hall–Kier alpha value is -0.566. The van der Waals surface area contributed by atoms with Crippen molar-refractivity contribution in [1.82, 2.24) is 0 Å². The molecule has 4 heteroatoms. The Labute approximate surface area is 189 Å². The predicted octanol–water partition coefficient (Wildman–Crippen LogP) is 7.26. The van der Waals surface area contributed by atoms with E-state index in [1.165, 1.54) is 0 Å². The quantitative estimate of drug-likeness (QED) is 0.233. The van der Waals surface area contributed by atoms with Crippen LogP contribution >= 0.6 is 0 Å². The number of fused-ring (bicyclic) bond motifs is 1. The molecule has 2 aliphatic rings. The molecule has 2 aliphatic carbocycles. The molecule has 2 rings (SSSR count). The number of hydrogen-bond donors (Lipinski definition) is 0. The lowest BCUT2D eigenvalue weighted by atomic mass is 9.70. The second-order valence-electron chi connectivity index (χ2n) is 12.8. The van der Waals surface area contributed by atoms with Gasteiger partial charge in [-0.15, -0.1) is 12.2 Å². The van der Waals surface area contributed by atoms with Crippen molar-refractivity contribution in [2.24, 2.45) is 29.1 Å². The molecule has 2 saturated carbocycles. The molecule has 0 bridgehead atoms. The zero-order valence-electron chi connectivity index (χ0n) is 21.5. The zero-order valence-corrected chi connectivity index (χ0v) is 23.5. The monoisotopic (exact) mass is 446 g/mol. The van der Waals surface area contributed by atoms with Crippen LogP contribution in [0.4, 0.5) is 0 Å². The van der Waals surface area contributed by atoms with Crippen molar-refractivity contribution in [3.8, 4) is 12.3 Å². The Morgan fingerprint density at radius 1 is 1.17 bits per heavy atom. The van der Waals surface area contributed by atoms with Crippen molar-refractivity contribution in [2.75, 3.05) is 0 Å². The maximum Gasteiger partial charge on any atom is 0.192 e. The first-order valence-electron chi connectivity index (χ1n) is 11.7. The summed E-state index contributed by atoms with van der Waals surface area (Å²) in [5, 5.41) is 0.133. The summed E-state index contributed by atoms with van der Waals surface area (Å²) in [6.07, 6.45) is 10.5. The summed E-state index contributed by atoms with van der Waals surface area (Å²) < 4.78 is 14.1. The molecule has 0 saturated heterocycles. The highest BCUT2D eigenvalue weighted by atomic mass is 28.4. The first-order chi connectivity index (χ1) is 13.4. The molecule has 0 heterocycles. The van der Waals surface area contributed by atoms with Gasteiger partial charge in [-0.2, -0.15) is 0 Å². The minimum absolute atomic E-state index is 0.0158. The van der Waals surface area contributed by atoms with E-state index in [1.807, 2.05) is 0 Å². The van der Waals surface area contributed by atoms with Crippen LogP contribution in [0.1, 0.15) is 54.4 Å². The highest BCUT2D eigenvalue weighted by molar-refractivity contribution is 6.74. The Morgan fingerprint density at radius 3 is 2.17 bits per heavy atom. The van der Waals surface area contributed by atoms with Crippen LogP contribution in [0, 0.1) is 41.4 Å². The third-order valence-electron chi connectivity index (χ3n) is 8.11. The Morgan fingerprint density at radius 2 is 1.73 bits per heavy atom. The van der Waals surface area contributed by atoms with E-state index in [9.17, 15) is 0 Å². The van der Waals surface area contributed by atoms with Crippen LogP contribution in [0.5, 0.6) is 0 Å². The van der Waals surface area contributed by atoms with Gasteiger partial charge in [0.1, 0.15) is 5.60 Å². The maximum atomic E-state index is 7.20. The molecule has 2 nitrogen and oxygen atoms in total. The first-order valence-corrected chi connectivity index (χ1v) is 18.0. The van der Waals surface area contributed by atoms with E-state index in [0.717, 1.165) is 12.8 Å². The minimum atomic E-state index is -2.02. The third-order valence-corrected chi connectivity index (χ3v) is 13.6. The van der Waals surface area contributed by atoms with E-state index in [2.05, 4.69) is 98.6 Å². The molecule has 0 aliphatic heterocycles. The molecule has 0 radical (unpaired) electrons. The largest absolute Gasteiger partial charge is 0.413 e. The average molecular weight is 447 g/mol. The zero-order chi connectivity index (χ0) is 23.3. The molecule has 0 unspecified atom stereocenters. The first kappa shape index (κ1) is 25.7. The fourth-order valence-corrected chi connectivity index (χ4v) is 8.30. The van der Waals surface area contributed by atoms with Crippen LogP contribution in [0.2, 0.25) is 37.8 Å². The Bertz CT molecular complexity index is 728. The summed E-state index contributed by atoms with van der Waals surface area (Å²) in [6.45, 7) is 29.3. The lowest BCUT2D eigenvalue weighted by molar-refractivity contribution is -0.0611. The van der Waals surface area contributed by atoms with E-state index in [1.54, 1.807) is 0 Å². The second kappa shape index (κ2) is 8.09. The van der Waals surface area contributed by atoms with Gasteiger partial charge < -0.3 is 8.85 Å². The topological polar surface area (TPSA) is 18.5 Å². The van der Waals surface area contributed by atoms with Gasteiger partial charge in [-0.25, -0.2) is 0 Å². The standard InChI is InChI=1S/C26H46O2Si2/c1-14-16-19(3)23(27-30(12,13)24(4,5)6)22-21-20(25(21,7)8)17-18-26(22,15-2)28-29(9,10)11/h2,16,19-23H,1,17-18H2,3-13H3/t19-,20-,21-,22-,23-,26-/m1/s1. The fraction of sp³-hybridized carbons (Fsp3) is 0.808. The molecule has 0 aromatic carbocycles. The maximum absolute atomic E-state index is 7.20. The Balaban J connectivity index is 2.62. The van der Waals surface area contributed by atoms with Gasteiger partial charge in [-0.3, -0.25) is 0 Å². The third kappa shape index (κ3) is 4.76. The van der Waals surface area contributed by atoms with Crippen molar-refractivity contribution >= 4 is 16.6 Å². The fourth-order valence-electron chi connectivity index (χ4n) is 5.52. The minimum Gasteiger partial charge on any atom is -0.413 e. The molecule has 2 fully saturated rings. The normalized spacial score (nSPS) is 32.9. The SMILES string of the molecule is C#C[C@@]1(O[Si](C)(C)C)CC[C@@H]2[C@H]([C@@H]1[C@H](O[Si](C)(C)C(C)(C)C)[C@H](C)C=C=C)C2(C)C. The second-order valence-corrected chi connectivity index (χ2v) is 22.0. The number of terminal acetylenes is 1. The summed E-state index contributed by atoms with van der Waals surface area (Å²) in [4.78, 5) is 0. The lowest BCUT2D eigenvalue weighted by Crippen LogP contribution is -2.58. The molecule has 0 aromatic heterocycles. The highest BCUT2D eigenvalue weighted by Gasteiger charge is 2.70. The summed E-state index contributed by atoms with van der Waals surface area (Å²) in [7, 11) is -3.87. The Kier molecular flexibility index (Phi) is 6.93. The highest BCUT2D eigenvalue weighted by Crippen LogP contribution is 2.70. The van der Waals surface area contributed by atoms with E-state index < -0.39 is 22.2 Å². The predicted molar refractivity (Wildman–Crippen MR) is 134 cm³/mol. The molecule has 30 heavy (non-hydrogen) atoms. The molecule has 0 N–H and O–H groups in total. The van der Waals surface area contributed by atoms with Crippen LogP contribution in [-0.4, -0.2) is 28.3 Å². The lowest BCUT2D eigenvalue weighted by Gasteiger charge is -2.51. The van der Waals surface area contributed by atoms with Crippen LogP contribution in [0.15, 0.2) is 18.4 Å². The average Bonchev–Trinajstić information content (AvgIpc) is 3.11. The van der Waals surface area contributed by atoms with Crippen molar-refractivity contribution in [3.05, 3.63) is 18.4 Å². The molecular weight excluding hydrogens is 400 g/mol. The molecule has 170 valence electrons. The van der Waals surface area contributed by atoms with Gasteiger partial charge in [0.25, 0.3) is 0 Å². The van der Waals surface area contributed by atoms with Gasteiger partial charge in [0.05, 0.1) is 6.10 Å². The van der Waals surface area contributed by atoms with Gasteiger partial charge in [0.15, 0.2) is 16.6 Å². The van der Waals surface area contributed by atoms with Gasteiger partial charge in [-0.1, -0.05) is 54.0 Å². The molecule has 0 spiro atoms. The summed E-state index contributed by atoms with van der Waals surface area (Å²) in [5.74, 6) is 4.84. The molecule has 0 aromatic rings. The van der Waals surface area contributed by atoms with Crippen LogP contribution < -0.4 is 0 Å². The molecule has 6 atom stereocenters. The van der Waals surface area contributed by atoms with Gasteiger partial charge in [0.2, 0.25) is 0 Å². The van der Waals surface area contributed by atoms with E-state index in [0.29, 0.717) is 17.3 Å².